The van der Waals surface area contributed by atoms with Gasteiger partial charge in [0.1, 0.15) is 17.6 Å². The molecule has 0 spiro atoms. The van der Waals surface area contributed by atoms with Gasteiger partial charge in [-0.1, -0.05) is 23.2 Å². The van der Waals surface area contributed by atoms with Gasteiger partial charge in [-0.25, -0.2) is 4.98 Å². The molecule has 1 amide bonds. The van der Waals surface area contributed by atoms with Crippen LogP contribution in [0, 0.1) is 5.92 Å². The quantitative estimate of drug-likeness (QED) is 0.444. The van der Waals surface area contributed by atoms with Crippen LogP contribution in [-0.4, -0.2) is 30.0 Å². The minimum absolute atomic E-state index is 0.0174. The molecule has 0 N–H and O–H groups in total. The van der Waals surface area contributed by atoms with Crippen LogP contribution in [0.3, 0.4) is 0 Å². The Morgan fingerprint density at radius 3 is 2.33 bits per heavy atom. The third-order valence-corrected chi connectivity index (χ3v) is 6.89. The smallest absolute Gasteiger partial charge is 0.341 e. The maximum absolute atomic E-state index is 13.4. The lowest BCUT2D eigenvalue weighted by Gasteiger charge is -2.37. The molecule has 4 rings (SSSR count). The van der Waals surface area contributed by atoms with Crippen LogP contribution in [-0.2, 0) is 17.1 Å². The highest BCUT2D eigenvalue weighted by Gasteiger charge is 2.51. The summed E-state index contributed by atoms with van der Waals surface area (Å²) in [6.45, 7) is 0. The number of likely N-dealkylation sites (N-methyl/N-ethyl adjacent to an activating group) is 1. The number of halogens is 8. The van der Waals surface area contributed by atoms with Gasteiger partial charge in [-0.3, -0.25) is 4.79 Å². The van der Waals surface area contributed by atoms with Gasteiger partial charge in [-0.15, -0.1) is 0 Å². The van der Waals surface area contributed by atoms with Gasteiger partial charge in [0.15, 0.2) is 0 Å². The van der Waals surface area contributed by atoms with Gasteiger partial charge in [-0.2, -0.15) is 26.3 Å². The molecule has 1 aliphatic carbocycles. The number of carbonyl (C=O) groups is 1. The number of fused-ring (bicyclic) bond motifs is 2. The summed E-state index contributed by atoms with van der Waals surface area (Å²) < 4.78 is 80.1. The molecular weight excluding hydrogens is 495 g/mol. The molecule has 2 fully saturated rings. The van der Waals surface area contributed by atoms with Crippen LogP contribution < -0.4 is 9.80 Å². The molecule has 1 aromatic heterocycles. The Balaban J connectivity index is 1.75. The molecule has 0 radical (unpaired) electrons. The first kappa shape index (κ1) is 23.9. The highest BCUT2D eigenvalue weighted by Crippen LogP contribution is 2.47. The summed E-state index contributed by atoms with van der Waals surface area (Å²) in [5.74, 6) is -1.21. The van der Waals surface area contributed by atoms with E-state index in [1.165, 1.54) is 29.0 Å². The first-order chi connectivity index (χ1) is 15.3. The van der Waals surface area contributed by atoms with E-state index >= 15 is 0 Å². The van der Waals surface area contributed by atoms with Crippen LogP contribution in [0.25, 0.3) is 0 Å². The lowest BCUT2D eigenvalue weighted by Crippen LogP contribution is -2.51. The van der Waals surface area contributed by atoms with E-state index < -0.39 is 41.4 Å². The lowest BCUT2D eigenvalue weighted by molar-refractivity contribution is -0.145. The second-order valence-electron chi connectivity index (χ2n) is 8.17. The maximum atomic E-state index is 13.4. The molecule has 2 heterocycles. The standard InChI is InChI=1S/C21H17Cl2F6N3O/c1-31(12-4-5-14(22)15(23)9-12)19(33)18-10-2-3-13(6-10)32(18)17-8-11(20(24,25)26)7-16(30-17)21(27,28)29/h4-5,7-10,13,18H,2-3,6H2,1H3/t10-,13+,18-/m0/s1. The first-order valence-electron chi connectivity index (χ1n) is 9.95. The number of alkyl halides is 6. The average molecular weight is 512 g/mol. The molecular formula is C21H17Cl2F6N3O. The Morgan fingerprint density at radius 2 is 1.73 bits per heavy atom. The van der Waals surface area contributed by atoms with Crippen molar-refractivity contribution in [3.05, 3.63) is 51.6 Å². The van der Waals surface area contributed by atoms with E-state index in [2.05, 4.69) is 4.98 Å². The molecule has 12 heteroatoms. The number of nitrogens with zero attached hydrogens (tertiary/aromatic N) is 3. The second-order valence-corrected chi connectivity index (χ2v) is 8.98. The summed E-state index contributed by atoms with van der Waals surface area (Å²) in [7, 11) is 1.47. The van der Waals surface area contributed by atoms with Crippen molar-refractivity contribution in [2.45, 2.75) is 43.7 Å². The molecule has 2 bridgehead atoms. The minimum Gasteiger partial charge on any atom is -0.341 e. The van der Waals surface area contributed by atoms with Crippen molar-refractivity contribution in [1.82, 2.24) is 4.98 Å². The number of piperidine rings is 1. The second kappa shape index (κ2) is 8.23. The van der Waals surface area contributed by atoms with E-state index in [0.717, 1.165) is 0 Å². The Labute approximate surface area is 195 Å². The van der Waals surface area contributed by atoms with Gasteiger partial charge >= 0.3 is 12.4 Å². The molecule has 1 aromatic carbocycles. The number of carbonyl (C=O) groups excluding carboxylic acids is 1. The summed E-state index contributed by atoms with van der Waals surface area (Å²) in [6, 6.07) is 3.72. The molecule has 2 aromatic rings. The molecule has 33 heavy (non-hydrogen) atoms. The Bertz CT molecular complexity index is 1060. The largest absolute Gasteiger partial charge is 0.433 e. The Morgan fingerprint density at radius 1 is 1.03 bits per heavy atom. The molecule has 2 aliphatic rings. The molecule has 178 valence electrons. The number of pyridine rings is 1. The molecule has 0 unspecified atom stereocenters. The predicted octanol–water partition coefficient (Wildman–Crippen LogP) is 6.45. The van der Waals surface area contributed by atoms with E-state index in [1.54, 1.807) is 6.07 Å². The molecule has 3 atom stereocenters. The minimum atomic E-state index is -5.08. The highest BCUT2D eigenvalue weighted by molar-refractivity contribution is 6.42. The number of hydrogen-bond donors (Lipinski definition) is 0. The number of aromatic nitrogens is 1. The average Bonchev–Trinajstić information content (AvgIpc) is 3.34. The Hall–Kier alpha value is -2.20. The third-order valence-electron chi connectivity index (χ3n) is 6.15. The Kier molecular flexibility index (Phi) is 5.97. The van der Waals surface area contributed by atoms with E-state index in [1.807, 2.05) is 0 Å². The van der Waals surface area contributed by atoms with Crippen molar-refractivity contribution >= 4 is 40.6 Å². The van der Waals surface area contributed by atoms with Gasteiger partial charge in [-0.05, 0) is 55.5 Å². The zero-order chi connectivity index (χ0) is 24.3. The fraction of sp³-hybridized carbons (Fsp3) is 0.429. The fourth-order valence-electron chi connectivity index (χ4n) is 4.61. The van der Waals surface area contributed by atoms with E-state index in [-0.39, 0.29) is 28.1 Å². The van der Waals surface area contributed by atoms with Crippen molar-refractivity contribution in [2.75, 3.05) is 16.8 Å². The maximum Gasteiger partial charge on any atom is 0.433 e. The van der Waals surface area contributed by atoms with Crippen molar-refractivity contribution < 1.29 is 31.1 Å². The summed E-state index contributed by atoms with van der Waals surface area (Å²) in [6.07, 6.45) is -8.43. The summed E-state index contributed by atoms with van der Waals surface area (Å²) in [5, 5.41) is 0.476. The molecule has 1 saturated heterocycles. The monoisotopic (exact) mass is 511 g/mol. The number of benzene rings is 1. The van der Waals surface area contributed by atoms with Crippen molar-refractivity contribution in [3.63, 3.8) is 0 Å². The van der Waals surface area contributed by atoms with E-state index in [9.17, 15) is 31.1 Å². The molecule has 1 saturated carbocycles. The number of anilines is 2. The normalized spacial score (nSPS) is 22.7. The van der Waals surface area contributed by atoms with Gasteiger partial charge in [0, 0.05) is 18.8 Å². The lowest BCUT2D eigenvalue weighted by atomic mass is 9.97. The van der Waals surface area contributed by atoms with Crippen LogP contribution in [0.4, 0.5) is 37.8 Å². The highest BCUT2D eigenvalue weighted by atomic mass is 35.5. The van der Waals surface area contributed by atoms with Gasteiger partial charge in [0.05, 0.1) is 15.6 Å². The van der Waals surface area contributed by atoms with Crippen molar-refractivity contribution in [1.29, 1.82) is 0 Å². The van der Waals surface area contributed by atoms with Crippen LogP contribution in [0.2, 0.25) is 10.0 Å². The molecule has 1 aliphatic heterocycles. The summed E-state index contributed by atoms with van der Waals surface area (Å²) in [4.78, 5) is 19.5. The third kappa shape index (κ3) is 4.47. The van der Waals surface area contributed by atoms with Gasteiger partial charge < -0.3 is 9.80 Å². The van der Waals surface area contributed by atoms with E-state index in [4.69, 9.17) is 23.2 Å². The topological polar surface area (TPSA) is 36.4 Å². The first-order valence-corrected chi connectivity index (χ1v) is 10.7. The van der Waals surface area contributed by atoms with E-state index in [0.29, 0.717) is 31.0 Å². The summed E-state index contributed by atoms with van der Waals surface area (Å²) in [5.41, 5.74) is -2.73. The van der Waals surface area contributed by atoms with Crippen LogP contribution in [0.15, 0.2) is 30.3 Å². The van der Waals surface area contributed by atoms with Crippen LogP contribution in [0.5, 0.6) is 0 Å². The summed E-state index contributed by atoms with van der Waals surface area (Å²) >= 11 is 11.9. The van der Waals surface area contributed by atoms with Crippen LogP contribution in [0.1, 0.15) is 30.5 Å². The predicted molar refractivity (Wildman–Crippen MR) is 112 cm³/mol. The number of rotatable bonds is 3. The van der Waals surface area contributed by atoms with Crippen LogP contribution >= 0.6 is 23.2 Å². The fourth-order valence-corrected chi connectivity index (χ4v) is 4.90. The number of amides is 1. The van der Waals surface area contributed by atoms with Gasteiger partial charge in [0.2, 0.25) is 5.91 Å². The zero-order valence-electron chi connectivity index (χ0n) is 17.0. The SMILES string of the molecule is CN(C(=O)[C@@H]1[C@H]2CC[C@H](C2)N1c1cc(C(F)(F)F)cc(C(F)(F)F)n1)c1ccc(Cl)c(Cl)c1. The number of hydrogen-bond acceptors (Lipinski definition) is 3. The van der Waals surface area contributed by atoms with Crippen molar-refractivity contribution in [3.8, 4) is 0 Å². The van der Waals surface area contributed by atoms with Gasteiger partial charge in [0.25, 0.3) is 0 Å². The van der Waals surface area contributed by atoms with Crippen molar-refractivity contribution in [2.24, 2.45) is 5.92 Å². The zero-order valence-corrected chi connectivity index (χ0v) is 18.5. The molecule has 4 nitrogen and oxygen atoms in total.